The van der Waals surface area contributed by atoms with Crippen LogP contribution in [0.1, 0.15) is 32.6 Å². The second kappa shape index (κ2) is 6.30. The van der Waals surface area contributed by atoms with Crippen molar-refractivity contribution < 1.29 is 0 Å². The van der Waals surface area contributed by atoms with Crippen molar-refractivity contribution >= 4 is 11.8 Å². The fourth-order valence-corrected chi connectivity index (χ4v) is 3.93. The highest BCUT2D eigenvalue weighted by Crippen LogP contribution is 2.37. The lowest BCUT2D eigenvalue weighted by molar-refractivity contribution is 0.299. The topological polar surface area (TPSA) is 0 Å². The summed E-state index contributed by atoms with van der Waals surface area (Å²) in [4.78, 5) is 1.40. The summed E-state index contributed by atoms with van der Waals surface area (Å²) in [5.74, 6) is 2.85. The van der Waals surface area contributed by atoms with Gasteiger partial charge in [-0.15, -0.1) is 11.8 Å². The van der Waals surface area contributed by atoms with Crippen LogP contribution in [0.15, 0.2) is 47.4 Å². The fourth-order valence-electron chi connectivity index (χ4n) is 2.78. The van der Waals surface area contributed by atoms with Crippen LogP contribution in [0.5, 0.6) is 0 Å². The van der Waals surface area contributed by atoms with Gasteiger partial charge in [0, 0.05) is 10.6 Å². The van der Waals surface area contributed by atoms with E-state index in [-0.39, 0.29) is 0 Å². The SMILES string of the molecule is C=C(C)[C@H]1CCCC[C@@H]1CSc1ccccc1. The molecule has 0 nitrogen and oxygen atoms in total. The molecule has 0 unspecified atom stereocenters. The number of rotatable bonds is 4. The molecule has 0 heterocycles. The van der Waals surface area contributed by atoms with Crippen LogP contribution in [-0.2, 0) is 0 Å². The van der Waals surface area contributed by atoms with E-state index in [0.717, 1.165) is 11.8 Å². The van der Waals surface area contributed by atoms with Crippen molar-refractivity contribution in [3.63, 3.8) is 0 Å². The van der Waals surface area contributed by atoms with E-state index in [1.54, 1.807) is 0 Å². The number of benzene rings is 1. The second-order valence-electron chi connectivity index (χ2n) is 5.12. The maximum atomic E-state index is 4.17. The van der Waals surface area contributed by atoms with Gasteiger partial charge in [-0.25, -0.2) is 0 Å². The molecule has 0 radical (unpaired) electrons. The first-order valence-electron chi connectivity index (χ1n) is 6.60. The van der Waals surface area contributed by atoms with Crippen LogP contribution in [0.2, 0.25) is 0 Å². The molecule has 1 fully saturated rings. The molecule has 1 aliphatic carbocycles. The quantitative estimate of drug-likeness (QED) is 0.522. The lowest BCUT2D eigenvalue weighted by Crippen LogP contribution is -2.22. The van der Waals surface area contributed by atoms with Crippen LogP contribution in [0.4, 0.5) is 0 Å². The number of allylic oxidation sites excluding steroid dienone is 1. The highest BCUT2D eigenvalue weighted by molar-refractivity contribution is 7.99. The predicted octanol–water partition coefficient (Wildman–Crippen LogP) is 5.16. The molecule has 2 rings (SSSR count). The van der Waals surface area contributed by atoms with Gasteiger partial charge in [-0.05, 0) is 43.7 Å². The molecule has 0 aliphatic heterocycles. The van der Waals surface area contributed by atoms with Crippen molar-refractivity contribution in [1.29, 1.82) is 0 Å². The van der Waals surface area contributed by atoms with Crippen LogP contribution in [0.25, 0.3) is 0 Å². The van der Waals surface area contributed by atoms with E-state index in [2.05, 4.69) is 43.8 Å². The van der Waals surface area contributed by atoms with E-state index in [4.69, 9.17) is 0 Å². The standard InChI is InChI=1S/C16H22S/c1-13(2)16-11-7-6-8-14(16)12-17-15-9-4-3-5-10-15/h3-5,9-10,14,16H,1,6-8,11-12H2,2H3/t14-,16-/m1/s1. The summed E-state index contributed by atoms with van der Waals surface area (Å²) < 4.78 is 0. The minimum Gasteiger partial charge on any atom is -0.126 e. The van der Waals surface area contributed by atoms with Crippen molar-refractivity contribution in [3.8, 4) is 0 Å². The van der Waals surface area contributed by atoms with Gasteiger partial charge in [0.25, 0.3) is 0 Å². The minimum atomic E-state index is 0.764. The summed E-state index contributed by atoms with van der Waals surface area (Å²) in [7, 11) is 0. The van der Waals surface area contributed by atoms with Gasteiger partial charge in [0.05, 0.1) is 0 Å². The van der Waals surface area contributed by atoms with E-state index in [9.17, 15) is 0 Å². The van der Waals surface area contributed by atoms with Gasteiger partial charge >= 0.3 is 0 Å². The summed E-state index contributed by atoms with van der Waals surface area (Å²) in [5, 5.41) is 0. The lowest BCUT2D eigenvalue weighted by Gasteiger charge is -2.31. The Balaban J connectivity index is 1.90. The first-order valence-corrected chi connectivity index (χ1v) is 7.59. The van der Waals surface area contributed by atoms with E-state index < -0.39 is 0 Å². The summed E-state index contributed by atoms with van der Waals surface area (Å²) in [5.41, 5.74) is 1.39. The summed E-state index contributed by atoms with van der Waals surface area (Å²) in [6.07, 6.45) is 5.54. The molecule has 2 atom stereocenters. The van der Waals surface area contributed by atoms with Crippen molar-refractivity contribution in [2.24, 2.45) is 11.8 Å². The zero-order valence-electron chi connectivity index (χ0n) is 10.7. The average molecular weight is 246 g/mol. The molecule has 0 bridgehead atoms. The average Bonchev–Trinajstić information content (AvgIpc) is 2.38. The third kappa shape index (κ3) is 3.64. The van der Waals surface area contributed by atoms with Crippen LogP contribution in [0.3, 0.4) is 0 Å². The zero-order valence-corrected chi connectivity index (χ0v) is 11.5. The predicted molar refractivity (Wildman–Crippen MR) is 77.4 cm³/mol. The van der Waals surface area contributed by atoms with Crippen LogP contribution in [0, 0.1) is 11.8 Å². The van der Waals surface area contributed by atoms with Crippen LogP contribution in [-0.4, -0.2) is 5.75 Å². The molecule has 1 saturated carbocycles. The van der Waals surface area contributed by atoms with E-state index >= 15 is 0 Å². The Hall–Kier alpha value is -0.690. The summed E-state index contributed by atoms with van der Waals surface area (Å²) in [6.45, 7) is 6.38. The Morgan fingerprint density at radius 1 is 1.24 bits per heavy atom. The van der Waals surface area contributed by atoms with Gasteiger partial charge < -0.3 is 0 Å². The Morgan fingerprint density at radius 2 is 1.94 bits per heavy atom. The minimum absolute atomic E-state index is 0.764. The van der Waals surface area contributed by atoms with E-state index in [1.807, 2.05) is 11.8 Å². The van der Waals surface area contributed by atoms with Gasteiger partial charge in [0.2, 0.25) is 0 Å². The van der Waals surface area contributed by atoms with Gasteiger partial charge in [-0.2, -0.15) is 0 Å². The Bertz CT molecular complexity index is 355. The van der Waals surface area contributed by atoms with Crippen molar-refractivity contribution in [2.45, 2.75) is 37.5 Å². The smallest absolute Gasteiger partial charge is 0.00720 e. The zero-order chi connectivity index (χ0) is 12.1. The number of hydrogen-bond donors (Lipinski definition) is 0. The normalized spacial score (nSPS) is 24.5. The molecule has 1 aromatic carbocycles. The van der Waals surface area contributed by atoms with Gasteiger partial charge in [0.1, 0.15) is 0 Å². The fraction of sp³-hybridized carbons (Fsp3) is 0.500. The third-order valence-electron chi connectivity index (χ3n) is 3.75. The van der Waals surface area contributed by atoms with Crippen LogP contribution < -0.4 is 0 Å². The van der Waals surface area contributed by atoms with E-state index in [1.165, 1.54) is 41.9 Å². The molecule has 0 spiro atoms. The molecular weight excluding hydrogens is 224 g/mol. The molecule has 17 heavy (non-hydrogen) atoms. The van der Waals surface area contributed by atoms with Crippen molar-refractivity contribution in [1.82, 2.24) is 0 Å². The van der Waals surface area contributed by atoms with Crippen molar-refractivity contribution in [2.75, 3.05) is 5.75 Å². The van der Waals surface area contributed by atoms with Gasteiger partial charge in [0.15, 0.2) is 0 Å². The van der Waals surface area contributed by atoms with Crippen LogP contribution >= 0.6 is 11.8 Å². The summed E-state index contributed by atoms with van der Waals surface area (Å²) >= 11 is 2.01. The van der Waals surface area contributed by atoms with E-state index in [0.29, 0.717) is 0 Å². The summed E-state index contributed by atoms with van der Waals surface area (Å²) in [6, 6.07) is 10.8. The molecule has 1 aromatic rings. The molecule has 0 aromatic heterocycles. The first-order chi connectivity index (χ1) is 8.27. The van der Waals surface area contributed by atoms with Gasteiger partial charge in [-0.1, -0.05) is 43.2 Å². The molecule has 0 saturated heterocycles. The van der Waals surface area contributed by atoms with Gasteiger partial charge in [-0.3, -0.25) is 0 Å². The lowest BCUT2D eigenvalue weighted by atomic mass is 9.77. The molecule has 92 valence electrons. The number of hydrogen-bond acceptors (Lipinski definition) is 1. The molecule has 0 amide bonds. The molecule has 0 N–H and O–H groups in total. The highest BCUT2D eigenvalue weighted by atomic mass is 32.2. The Morgan fingerprint density at radius 3 is 2.65 bits per heavy atom. The molecule has 1 heteroatoms. The third-order valence-corrected chi connectivity index (χ3v) is 4.95. The Labute approximate surface area is 110 Å². The maximum Gasteiger partial charge on any atom is 0.00720 e. The second-order valence-corrected chi connectivity index (χ2v) is 6.21. The number of thioether (sulfide) groups is 1. The maximum absolute atomic E-state index is 4.17. The van der Waals surface area contributed by atoms with Crippen molar-refractivity contribution in [3.05, 3.63) is 42.5 Å². The largest absolute Gasteiger partial charge is 0.126 e. The Kier molecular flexibility index (Phi) is 4.73. The molecule has 1 aliphatic rings. The molecular formula is C16H22S. The first kappa shape index (κ1) is 12.8. The monoisotopic (exact) mass is 246 g/mol. The highest BCUT2D eigenvalue weighted by Gasteiger charge is 2.25.